The Kier molecular flexibility index (Phi) is 5.08. The molecule has 0 aromatic rings. The van der Waals surface area contributed by atoms with E-state index in [2.05, 4.69) is 25.7 Å². The Morgan fingerprint density at radius 2 is 1.61 bits per heavy atom. The molecule has 0 spiro atoms. The topological polar surface area (TPSA) is 29.3 Å². The third kappa shape index (κ3) is 3.27. The van der Waals surface area contributed by atoms with Crippen LogP contribution < -0.4 is 5.73 Å². The molecule has 2 heteroatoms. The van der Waals surface area contributed by atoms with E-state index in [1.165, 1.54) is 51.5 Å². The monoisotopic (exact) mass is 252 g/mol. The van der Waals surface area contributed by atoms with Crippen molar-refractivity contribution in [3.63, 3.8) is 0 Å². The maximum atomic E-state index is 6.49. The van der Waals surface area contributed by atoms with Crippen LogP contribution >= 0.6 is 0 Å². The van der Waals surface area contributed by atoms with Gasteiger partial charge in [0.25, 0.3) is 0 Å². The molecule has 2 aliphatic rings. The van der Waals surface area contributed by atoms with Crippen molar-refractivity contribution in [1.29, 1.82) is 0 Å². The summed E-state index contributed by atoms with van der Waals surface area (Å²) < 4.78 is 0. The summed E-state index contributed by atoms with van der Waals surface area (Å²) in [6.45, 7) is 8.51. The van der Waals surface area contributed by atoms with Crippen LogP contribution in [0.3, 0.4) is 0 Å². The van der Waals surface area contributed by atoms with Gasteiger partial charge in [0.2, 0.25) is 0 Å². The van der Waals surface area contributed by atoms with E-state index in [4.69, 9.17) is 5.73 Å². The number of hydrogen-bond acceptors (Lipinski definition) is 2. The molecule has 5 unspecified atom stereocenters. The van der Waals surface area contributed by atoms with Crippen LogP contribution in [0.5, 0.6) is 0 Å². The average Bonchev–Trinajstić information content (AvgIpc) is 2.30. The molecule has 106 valence electrons. The molecular formula is C16H32N2. The molecule has 0 aromatic heterocycles. The first kappa shape index (κ1) is 14.3. The van der Waals surface area contributed by atoms with Gasteiger partial charge in [0, 0.05) is 24.7 Å². The predicted molar refractivity (Wildman–Crippen MR) is 78.6 cm³/mol. The van der Waals surface area contributed by atoms with E-state index < -0.39 is 0 Å². The molecule has 2 N–H and O–H groups in total. The quantitative estimate of drug-likeness (QED) is 0.775. The summed E-state index contributed by atoms with van der Waals surface area (Å²) in [6.07, 6.45) is 9.47. The Balaban J connectivity index is 2.05. The minimum Gasteiger partial charge on any atom is -0.326 e. The molecule has 18 heavy (non-hydrogen) atoms. The molecule has 1 saturated carbocycles. The zero-order valence-electron chi connectivity index (χ0n) is 12.6. The summed E-state index contributed by atoms with van der Waals surface area (Å²) >= 11 is 0. The number of nitrogens with two attached hydrogens (primary N) is 1. The first-order chi connectivity index (χ1) is 8.59. The molecule has 1 saturated heterocycles. The summed E-state index contributed by atoms with van der Waals surface area (Å²) in [5, 5.41) is 0. The van der Waals surface area contributed by atoms with E-state index in [1.54, 1.807) is 0 Å². The van der Waals surface area contributed by atoms with Gasteiger partial charge in [-0.3, -0.25) is 4.90 Å². The van der Waals surface area contributed by atoms with Gasteiger partial charge in [-0.15, -0.1) is 0 Å². The van der Waals surface area contributed by atoms with Crippen molar-refractivity contribution in [1.82, 2.24) is 4.90 Å². The highest BCUT2D eigenvalue weighted by atomic mass is 15.2. The highest BCUT2D eigenvalue weighted by Crippen LogP contribution is 2.32. The lowest BCUT2D eigenvalue weighted by molar-refractivity contribution is 0.0226. The molecule has 0 bridgehead atoms. The lowest BCUT2D eigenvalue weighted by atomic mass is 9.82. The van der Waals surface area contributed by atoms with Gasteiger partial charge in [-0.05, 0) is 38.0 Å². The van der Waals surface area contributed by atoms with Crippen LogP contribution in [-0.2, 0) is 0 Å². The smallest absolute Gasteiger partial charge is 0.0250 e. The van der Waals surface area contributed by atoms with E-state index in [-0.39, 0.29) is 0 Å². The second kappa shape index (κ2) is 6.38. The van der Waals surface area contributed by atoms with Crippen LogP contribution in [0.4, 0.5) is 0 Å². The van der Waals surface area contributed by atoms with Gasteiger partial charge in [0.15, 0.2) is 0 Å². The van der Waals surface area contributed by atoms with Crippen LogP contribution in [0, 0.1) is 11.8 Å². The van der Waals surface area contributed by atoms with Gasteiger partial charge in [-0.2, -0.15) is 0 Å². The van der Waals surface area contributed by atoms with Gasteiger partial charge in [0.1, 0.15) is 0 Å². The first-order valence-electron chi connectivity index (χ1n) is 8.11. The second-order valence-electron chi connectivity index (χ2n) is 6.98. The Morgan fingerprint density at radius 3 is 2.33 bits per heavy atom. The van der Waals surface area contributed by atoms with E-state index in [1.807, 2.05) is 0 Å². The Morgan fingerprint density at radius 1 is 0.944 bits per heavy atom. The zero-order chi connectivity index (χ0) is 13.1. The number of nitrogens with zero attached hydrogens (tertiary/aromatic N) is 1. The summed E-state index contributed by atoms with van der Waals surface area (Å²) in [5.41, 5.74) is 6.49. The standard InChI is InChI=1S/C16H32N2/c1-12-10-13(2)14(3)18(11-12)16-9-7-5-4-6-8-15(16)17/h12-16H,4-11,17H2,1-3H3. The zero-order valence-corrected chi connectivity index (χ0v) is 12.6. The third-order valence-corrected chi connectivity index (χ3v) is 5.35. The second-order valence-corrected chi connectivity index (χ2v) is 6.98. The summed E-state index contributed by atoms with van der Waals surface area (Å²) in [7, 11) is 0. The van der Waals surface area contributed by atoms with Gasteiger partial charge in [0.05, 0.1) is 0 Å². The third-order valence-electron chi connectivity index (χ3n) is 5.35. The van der Waals surface area contributed by atoms with Crippen molar-refractivity contribution in [3.05, 3.63) is 0 Å². The first-order valence-corrected chi connectivity index (χ1v) is 8.11. The molecule has 5 atom stereocenters. The molecule has 0 amide bonds. The molecule has 2 fully saturated rings. The lowest BCUT2D eigenvalue weighted by Crippen LogP contribution is -2.56. The van der Waals surface area contributed by atoms with E-state index in [0.717, 1.165) is 17.9 Å². The fourth-order valence-corrected chi connectivity index (χ4v) is 4.10. The normalized spacial score (nSPS) is 44.3. The van der Waals surface area contributed by atoms with Crippen LogP contribution in [0.2, 0.25) is 0 Å². The molecule has 2 rings (SSSR count). The summed E-state index contributed by atoms with van der Waals surface area (Å²) in [4.78, 5) is 2.76. The summed E-state index contributed by atoms with van der Waals surface area (Å²) in [6, 6.07) is 1.77. The van der Waals surface area contributed by atoms with Crippen LogP contribution in [0.15, 0.2) is 0 Å². The fourth-order valence-electron chi connectivity index (χ4n) is 4.10. The maximum Gasteiger partial charge on any atom is 0.0250 e. The average molecular weight is 252 g/mol. The molecular weight excluding hydrogens is 220 g/mol. The van der Waals surface area contributed by atoms with Gasteiger partial charge in [-0.1, -0.05) is 39.5 Å². The van der Waals surface area contributed by atoms with E-state index >= 15 is 0 Å². The number of hydrogen-bond donors (Lipinski definition) is 1. The fraction of sp³-hybridized carbons (Fsp3) is 1.00. The largest absolute Gasteiger partial charge is 0.326 e. The van der Waals surface area contributed by atoms with Gasteiger partial charge in [-0.25, -0.2) is 0 Å². The van der Waals surface area contributed by atoms with Crippen molar-refractivity contribution >= 4 is 0 Å². The van der Waals surface area contributed by atoms with E-state index in [0.29, 0.717) is 12.1 Å². The minimum atomic E-state index is 0.408. The Labute approximate surface area is 113 Å². The molecule has 1 aliphatic carbocycles. The van der Waals surface area contributed by atoms with Crippen LogP contribution in [0.1, 0.15) is 65.7 Å². The Hall–Kier alpha value is -0.0800. The van der Waals surface area contributed by atoms with Crippen molar-refractivity contribution in [2.45, 2.75) is 83.8 Å². The van der Waals surface area contributed by atoms with Crippen LogP contribution in [0.25, 0.3) is 0 Å². The summed E-state index contributed by atoms with van der Waals surface area (Å²) in [5.74, 6) is 1.67. The van der Waals surface area contributed by atoms with Gasteiger partial charge < -0.3 is 5.73 Å². The number of piperidine rings is 1. The maximum absolute atomic E-state index is 6.49. The van der Waals surface area contributed by atoms with Gasteiger partial charge >= 0.3 is 0 Å². The predicted octanol–water partition coefficient (Wildman–Crippen LogP) is 3.40. The lowest BCUT2D eigenvalue weighted by Gasteiger charge is -2.47. The molecule has 0 radical (unpaired) electrons. The Bertz CT molecular complexity index is 253. The highest BCUT2D eigenvalue weighted by Gasteiger charge is 2.35. The minimum absolute atomic E-state index is 0.408. The van der Waals surface area contributed by atoms with Crippen molar-refractivity contribution in [2.24, 2.45) is 17.6 Å². The SMILES string of the molecule is CC1CC(C)C(C)N(C2CCCCCCC2N)C1. The van der Waals surface area contributed by atoms with Crippen molar-refractivity contribution in [2.75, 3.05) is 6.54 Å². The molecule has 2 nitrogen and oxygen atoms in total. The number of rotatable bonds is 1. The van der Waals surface area contributed by atoms with Crippen molar-refractivity contribution in [3.8, 4) is 0 Å². The molecule has 1 aliphatic heterocycles. The number of likely N-dealkylation sites (tertiary alicyclic amines) is 1. The van der Waals surface area contributed by atoms with E-state index in [9.17, 15) is 0 Å². The highest BCUT2D eigenvalue weighted by molar-refractivity contribution is 4.91. The molecule has 1 heterocycles. The molecule has 0 aromatic carbocycles. The van der Waals surface area contributed by atoms with Crippen molar-refractivity contribution < 1.29 is 0 Å². The van der Waals surface area contributed by atoms with Crippen LogP contribution in [-0.4, -0.2) is 29.6 Å².